The van der Waals surface area contributed by atoms with Crippen LogP contribution in [-0.2, 0) is 24.0 Å². The second-order valence-electron chi connectivity index (χ2n) is 6.23. The second kappa shape index (κ2) is 12.2. The number of carbonyl (C=O) groups is 5. The van der Waals surface area contributed by atoms with E-state index in [1.54, 1.807) is 0 Å². The lowest BCUT2D eigenvalue weighted by Crippen LogP contribution is -2.61. The van der Waals surface area contributed by atoms with Crippen LogP contribution < -0.4 is 21.7 Å². The summed E-state index contributed by atoms with van der Waals surface area (Å²) in [6, 6.07) is -6.06. The molecule has 0 saturated carbocycles. The summed E-state index contributed by atoms with van der Waals surface area (Å²) in [5.74, 6) is -6.32. The van der Waals surface area contributed by atoms with Gasteiger partial charge in [-0.15, -0.1) is 0 Å². The summed E-state index contributed by atoms with van der Waals surface area (Å²) in [6.07, 6.45) is -3.54. The summed E-state index contributed by atoms with van der Waals surface area (Å²) >= 11 is 3.88. The molecule has 0 bridgehead atoms. The molecule has 0 heterocycles. The molecule has 0 aromatic heterocycles. The molecule has 6 atom stereocenters. The van der Waals surface area contributed by atoms with Crippen LogP contribution in [-0.4, -0.2) is 92.2 Å². The van der Waals surface area contributed by atoms with Gasteiger partial charge in [-0.05, 0) is 13.8 Å². The number of aliphatic hydroxyl groups excluding tert-OH is 2. The predicted octanol–water partition coefficient (Wildman–Crippen LogP) is -3.98. The monoisotopic (exact) mass is 438 g/mol. The molecule has 13 nitrogen and oxygen atoms in total. The summed E-state index contributed by atoms with van der Waals surface area (Å²) in [6.45, 7) is 2.43. The van der Waals surface area contributed by atoms with Crippen molar-refractivity contribution in [3.05, 3.63) is 0 Å². The van der Waals surface area contributed by atoms with Gasteiger partial charge in [-0.25, -0.2) is 4.79 Å². The van der Waals surface area contributed by atoms with Crippen LogP contribution in [0.3, 0.4) is 0 Å². The highest BCUT2D eigenvalue weighted by Gasteiger charge is 2.33. The van der Waals surface area contributed by atoms with E-state index in [4.69, 9.17) is 15.9 Å². The molecule has 3 amide bonds. The molecule has 0 aliphatic carbocycles. The van der Waals surface area contributed by atoms with E-state index >= 15 is 0 Å². The number of carboxylic acid groups (broad SMARTS) is 2. The Labute approximate surface area is 171 Å². The van der Waals surface area contributed by atoms with Crippen LogP contribution in [0.1, 0.15) is 20.3 Å². The molecule has 0 fully saturated rings. The van der Waals surface area contributed by atoms with E-state index in [0.29, 0.717) is 0 Å². The highest BCUT2D eigenvalue weighted by Crippen LogP contribution is 2.01. The molecule has 166 valence electrons. The number of carboxylic acids is 2. The Morgan fingerprint density at radius 3 is 1.76 bits per heavy atom. The molecular formula is C15H26N4O9S. The van der Waals surface area contributed by atoms with Crippen molar-refractivity contribution in [3.8, 4) is 0 Å². The number of amides is 3. The quantitative estimate of drug-likeness (QED) is 0.134. The fourth-order valence-corrected chi connectivity index (χ4v) is 2.23. The molecule has 0 rings (SSSR count). The van der Waals surface area contributed by atoms with E-state index < -0.39 is 72.5 Å². The Morgan fingerprint density at radius 2 is 1.38 bits per heavy atom. The van der Waals surface area contributed by atoms with Gasteiger partial charge in [0.25, 0.3) is 0 Å². The SMILES string of the molecule is CC(O)C(N)C(=O)NC(C(=O)NC(CS)C(=O)NC(CC(=O)O)C(=O)O)C(C)O. The second-order valence-corrected chi connectivity index (χ2v) is 6.60. The van der Waals surface area contributed by atoms with Crippen molar-refractivity contribution in [1.82, 2.24) is 16.0 Å². The lowest BCUT2D eigenvalue weighted by molar-refractivity contribution is -0.147. The van der Waals surface area contributed by atoms with E-state index in [9.17, 15) is 34.2 Å². The van der Waals surface area contributed by atoms with Crippen LogP contribution in [0.2, 0.25) is 0 Å². The first kappa shape index (κ1) is 26.6. The van der Waals surface area contributed by atoms with E-state index in [0.717, 1.165) is 0 Å². The maximum atomic E-state index is 12.4. The van der Waals surface area contributed by atoms with Crippen LogP contribution in [0.5, 0.6) is 0 Å². The Balaban J connectivity index is 5.20. The smallest absolute Gasteiger partial charge is 0.326 e. The van der Waals surface area contributed by atoms with Crippen LogP contribution in [0.4, 0.5) is 0 Å². The minimum Gasteiger partial charge on any atom is -0.481 e. The Hall–Kier alpha value is -2.42. The van der Waals surface area contributed by atoms with E-state index in [-0.39, 0.29) is 5.75 Å². The summed E-state index contributed by atoms with van der Waals surface area (Å²) in [4.78, 5) is 58.2. The average Bonchev–Trinajstić information content (AvgIpc) is 2.61. The van der Waals surface area contributed by atoms with Crippen LogP contribution in [0.25, 0.3) is 0 Å². The molecule has 0 aromatic carbocycles. The molecule has 29 heavy (non-hydrogen) atoms. The van der Waals surface area contributed by atoms with Gasteiger partial charge in [-0.2, -0.15) is 12.6 Å². The highest BCUT2D eigenvalue weighted by atomic mass is 32.1. The van der Waals surface area contributed by atoms with Gasteiger partial charge in [0.2, 0.25) is 17.7 Å². The summed E-state index contributed by atoms with van der Waals surface area (Å²) in [5, 5.41) is 43.0. The maximum Gasteiger partial charge on any atom is 0.326 e. The molecule has 6 unspecified atom stereocenters. The van der Waals surface area contributed by atoms with Crippen molar-refractivity contribution in [2.75, 3.05) is 5.75 Å². The largest absolute Gasteiger partial charge is 0.481 e. The Kier molecular flexibility index (Phi) is 11.2. The maximum absolute atomic E-state index is 12.4. The third kappa shape index (κ3) is 9.08. The van der Waals surface area contributed by atoms with Crippen molar-refractivity contribution >= 4 is 42.3 Å². The summed E-state index contributed by atoms with van der Waals surface area (Å²) < 4.78 is 0. The van der Waals surface area contributed by atoms with E-state index in [1.165, 1.54) is 13.8 Å². The van der Waals surface area contributed by atoms with Gasteiger partial charge >= 0.3 is 11.9 Å². The standard InChI is InChI=1S/C15H26N4O9S/c1-5(20)10(16)13(25)19-11(6(2)21)14(26)18-8(4-29)12(24)17-7(15(27)28)3-9(22)23/h5-8,10-11,20-21,29H,3-4,16H2,1-2H3,(H,17,24)(H,18,26)(H,19,25)(H,22,23)(H,27,28). The zero-order chi connectivity index (χ0) is 22.9. The average molecular weight is 438 g/mol. The molecule has 14 heteroatoms. The van der Waals surface area contributed by atoms with Crippen LogP contribution in [0.15, 0.2) is 0 Å². The van der Waals surface area contributed by atoms with Gasteiger partial charge in [0.15, 0.2) is 0 Å². The lowest BCUT2D eigenvalue weighted by Gasteiger charge is -2.26. The number of carbonyl (C=O) groups excluding carboxylic acids is 3. The molecule has 0 radical (unpaired) electrons. The van der Waals surface area contributed by atoms with Gasteiger partial charge in [0, 0.05) is 5.75 Å². The Bertz CT molecular complexity index is 629. The van der Waals surface area contributed by atoms with E-state index in [2.05, 4.69) is 23.3 Å². The molecule has 0 spiro atoms. The number of nitrogens with one attached hydrogen (secondary N) is 3. The van der Waals surface area contributed by atoms with Crippen LogP contribution >= 0.6 is 12.6 Å². The van der Waals surface area contributed by atoms with Crippen molar-refractivity contribution in [1.29, 1.82) is 0 Å². The number of aliphatic carboxylic acids is 2. The number of aliphatic hydroxyl groups is 2. The highest BCUT2D eigenvalue weighted by molar-refractivity contribution is 7.80. The number of nitrogens with two attached hydrogens (primary N) is 1. The van der Waals surface area contributed by atoms with Gasteiger partial charge in [0.1, 0.15) is 24.2 Å². The first-order chi connectivity index (χ1) is 13.3. The first-order valence-electron chi connectivity index (χ1n) is 8.40. The molecular weight excluding hydrogens is 412 g/mol. The topological polar surface area (TPSA) is 228 Å². The minimum absolute atomic E-state index is 0.301. The zero-order valence-corrected chi connectivity index (χ0v) is 16.6. The van der Waals surface area contributed by atoms with Crippen LogP contribution in [0, 0.1) is 0 Å². The molecule has 0 aromatic rings. The van der Waals surface area contributed by atoms with Gasteiger partial charge in [0.05, 0.1) is 18.6 Å². The van der Waals surface area contributed by atoms with E-state index in [1.807, 2.05) is 5.32 Å². The molecule has 0 aliphatic heterocycles. The predicted molar refractivity (Wildman–Crippen MR) is 101 cm³/mol. The zero-order valence-electron chi connectivity index (χ0n) is 15.7. The summed E-state index contributed by atoms with van der Waals surface area (Å²) in [5.41, 5.74) is 5.45. The lowest BCUT2D eigenvalue weighted by atomic mass is 10.1. The first-order valence-corrected chi connectivity index (χ1v) is 9.03. The molecule has 0 aliphatic rings. The van der Waals surface area contributed by atoms with Gasteiger partial charge < -0.3 is 42.1 Å². The number of rotatable bonds is 12. The molecule has 0 saturated heterocycles. The van der Waals surface area contributed by atoms with Gasteiger partial charge in [-0.1, -0.05) is 0 Å². The summed E-state index contributed by atoms with van der Waals surface area (Å²) in [7, 11) is 0. The van der Waals surface area contributed by atoms with Gasteiger partial charge in [-0.3, -0.25) is 19.2 Å². The van der Waals surface area contributed by atoms with Crippen molar-refractivity contribution in [3.63, 3.8) is 0 Å². The normalized spacial score (nSPS) is 17.0. The third-order valence-electron chi connectivity index (χ3n) is 3.69. The van der Waals surface area contributed by atoms with Crippen molar-refractivity contribution in [2.24, 2.45) is 5.73 Å². The van der Waals surface area contributed by atoms with Crippen molar-refractivity contribution in [2.45, 2.75) is 56.6 Å². The third-order valence-corrected chi connectivity index (χ3v) is 4.06. The fourth-order valence-electron chi connectivity index (χ4n) is 1.98. The molecule has 9 N–H and O–H groups in total. The van der Waals surface area contributed by atoms with Crippen molar-refractivity contribution < 1.29 is 44.4 Å². The number of thiol groups is 1. The Morgan fingerprint density at radius 1 is 0.862 bits per heavy atom. The fraction of sp³-hybridized carbons (Fsp3) is 0.667. The number of hydrogen-bond acceptors (Lipinski definition) is 9. The minimum atomic E-state index is -1.74. The number of hydrogen-bond donors (Lipinski definition) is 9.